The Balaban J connectivity index is 2.14. The van der Waals surface area contributed by atoms with Gasteiger partial charge in [0.1, 0.15) is 6.26 Å². The Morgan fingerprint density at radius 3 is 2.19 bits per heavy atom. The third-order valence-electron chi connectivity index (χ3n) is 3.89. The van der Waals surface area contributed by atoms with E-state index in [1.54, 1.807) is 0 Å². The average molecular weight is 377 g/mol. The summed E-state index contributed by atoms with van der Waals surface area (Å²) in [6.45, 7) is 0. The van der Waals surface area contributed by atoms with Crippen LogP contribution in [0.5, 0.6) is 17.2 Å². The molecule has 0 fully saturated rings. The maximum Gasteiger partial charge on any atom is 0.237 e. The highest BCUT2D eigenvalue weighted by molar-refractivity contribution is 6.60. The molecule has 0 aliphatic heterocycles. The first-order valence-corrected chi connectivity index (χ1v) is 7.73. The number of fused-ring (bicyclic) bond motifs is 1. The number of allylic oxidation sites excluding steroid dienone is 1. The minimum absolute atomic E-state index is 0.00735. The van der Waals surface area contributed by atoms with Gasteiger partial charge in [-0.3, -0.25) is 14.4 Å². The molecule has 1 heterocycles. The number of carbonyl (C=O) groups excluding carboxylic acids is 3. The summed E-state index contributed by atoms with van der Waals surface area (Å²) >= 11 is 5.93. The summed E-state index contributed by atoms with van der Waals surface area (Å²) < 4.78 is 20.9. The lowest BCUT2D eigenvalue weighted by Gasteiger charge is -2.14. The Labute approximate surface area is 153 Å². The molecule has 0 amide bonds. The van der Waals surface area contributed by atoms with Crippen molar-refractivity contribution >= 4 is 34.0 Å². The number of benzene rings is 1. The fourth-order valence-corrected chi connectivity index (χ4v) is 2.90. The predicted octanol–water partition coefficient (Wildman–Crippen LogP) is 2.88. The van der Waals surface area contributed by atoms with E-state index in [1.165, 1.54) is 33.5 Å². The van der Waals surface area contributed by atoms with Gasteiger partial charge in [0.25, 0.3) is 0 Å². The van der Waals surface area contributed by atoms with Crippen LogP contribution in [-0.2, 0) is 4.79 Å². The van der Waals surface area contributed by atoms with Gasteiger partial charge in [-0.1, -0.05) is 11.6 Å². The van der Waals surface area contributed by atoms with E-state index >= 15 is 0 Å². The van der Waals surface area contributed by atoms with Crippen LogP contribution in [0.15, 0.2) is 28.9 Å². The van der Waals surface area contributed by atoms with E-state index in [1.807, 2.05) is 0 Å². The molecule has 1 aliphatic carbocycles. The molecule has 3 rings (SSSR count). The van der Waals surface area contributed by atoms with Gasteiger partial charge >= 0.3 is 0 Å². The maximum absolute atomic E-state index is 12.9. The zero-order chi connectivity index (χ0) is 19.0. The predicted molar refractivity (Wildman–Crippen MR) is 91.4 cm³/mol. The van der Waals surface area contributed by atoms with Gasteiger partial charge in [0.2, 0.25) is 17.3 Å². The smallest absolute Gasteiger partial charge is 0.237 e. The third-order valence-corrected chi connectivity index (χ3v) is 4.17. The second-order valence-corrected chi connectivity index (χ2v) is 5.69. The number of ketones is 3. The van der Waals surface area contributed by atoms with Gasteiger partial charge in [0.15, 0.2) is 23.0 Å². The molecule has 26 heavy (non-hydrogen) atoms. The van der Waals surface area contributed by atoms with Crippen molar-refractivity contribution in [1.82, 2.24) is 0 Å². The van der Waals surface area contributed by atoms with E-state index in [-0.39, 0.29) is 39.0 Å². The van der Waals surface area contributed by atoms with E-state index in [0.29, 0.717) is 5.75 Å². The van der Waals surface area contributed by atoms with Gasteiger partial charge in [0.05, 0.1) is 37.5 Å². The van der Waals surface area contributed by atoms with Crippen molar-refractivity contribution in [2.45, 2.75) is 0 Å². The van der Waals surface area contributed by atoms with Crippen LogP contribution in [0.1, 0.15) is 32.0 Å². The highest BCUT2D eigenvalue weighted by Gasteiger charge is 2.34. The van der Waals surface area contributed by atoms with E-state index in [0.717, 1.165) is 12.3 Å². The highest BCUT2D eigenvalue weighted by atomic mass is 35.5. The van der Waals surface area contributed by atoms with Crippen molar-refractivity contribution in [3.8, 4) is 17.2 Å². The number of furan rings is 1. The Kier molecular flexibility index (Phi) is 4.56. The SMILES string of the molecule is COc1cc(C(=O)c2coc3c2C(=O)C(=O)C=C3Cl)cc(OC)c1OC. The normalized spacial score (nSPS) is 13.2. The Hall–Kier alpha value is -3.06. The number of hydrogen-bond acceptors (Lipinski definition) is 7. The van der Waals surface area contributed by atoms with Crippen molar-refractivity contribution in [3.63, 3.8) is 0 Å². The first-order chi connectivity index (χ1) is 12.4. The Bertz CT molecular complexity index is 943. The molecule has 1 aliphatic rings. The molecule has 134 valence electrons. The molecule has 0 saturated heterocycles. The maximum atomic E-state index is 12.9. The number of halogens is 1. The van der Waals surface area contributed by atoms with Crippen LogP contribution < -0.4 is 14.2 Å². The molecule has 7 nitrogen and oxygen atoms in total. The topological polar surface area (TPSA) is 92.0 Å². The standard InChI is InChI=1S/C18H13ClO7/c1-23-12-4-8(5-13(24-2)18(12)25-3)15(21)9-7-26-17-10(19)6-11(20)16(22)14(9)17/h4-7H,1-3H3. The monoisotopic (exact) mass is 376 g/mol. The fourth-order valence-electron chi connectivity index (χ4n) is 2.66. The van der Waals surface area contributed by atoms with Gasteiger partial charge in [-0.05, 0) is 12.1 Å². The van der Waals surface area contributed by atoms with Crippen molar-refractivity contribution in [3.05, 3.63) is 46.9 Å². The van der Waals surface area contributed by atoms with Crippen molar-refractivity contribution in [2.75, 3.05) is 21.3 Å². The molecule has 0 atom stereocenters. The molecule has 1 aromatic carbocycles. The number of Topliss-reactive ketones (excluding diaryl/α,β-unsaturated/α-hetero) is 1. The first-order valence-electron chi connectivity index (χ1n) is 7.35. The van der Waals surface area contributed by atoms with Crippen molar-refractivity contribution < 1.29 is 33.0 Å². The molecule has 2 aromatic rings. The quantitative estimate of drug-likeness (QED) is 0.585. The number of hydrogen-bond donors (Lipinski definition) is 0. The van der Waals surface area contributed by atoms with Gasteiger partial charge in [-0.2, -0.15) is 0 Å². The van der Waals surface area contributed by atoms with E-state index < -0.39 is 17.3 Å². The summed E-state index contributed by atoms with van der Waals surface area (Å²) in [6, 6.07) is 2.88. The fraction of sp³-hybridized carbons (Fsp3) is 0.167. The van der Waals surface area contributed by atoms with E-state index in [2.05, 4.69) is 0 Å². The van der Waals surface area contributed by atoms with E-state index in [4.69, 9.17) is 30.2 Å². The molecular weight excluding hydrogens is 364 g/mol. The summed E-state index contributed by atoms with van der Waals surface area (Å²) in [5, 5.41) is -0.0338. The van der Waals surface area contributed by atoms with Crippen molar-refractivity contribution in [2.24, 2.45) is 0 Å². The van der Waals surface area contributed by atoms with Gasteiger partial charge < -0.3 is 18.6 Å². The molecular formula is C18H13ClO7. The largest absolute Gasteiger partial charge is 0.493 e. The number of methoxy groups -OCH3 is 3. The van der Waals surface area contributed by atoms with Crippen LogP contribution in [-0.4, -0.2) is 38.7 Å². The second-order valence-electron chi connectivity index (χ2n) is 5.28. The van der Waals surface area contributed by atoms with Crippen LogP contribution in [0, 0.1) is 0 Å². The zero-order valence-corrected chi connectivity index (χ0v) is 14.8. The molecule has 0 radical (unpaired) electrons. The minimum atomic E-state index is -0.853. The third kappa shape index (κ3) is 2.66. The van der Waals surface area contributed by atoms with Crippen LogP contribution in [0.4, 0.5) is 0 Å². The summed E-state index contributed by atoms with van der Waals surface area (Å²) in [5.41, 5.74) is -0.0610. The zero-order valence-electron chi connectivity index (χ0n) is 14.0. The Morgan fingerprint density at radius 1 is 1.04 bits per heavy atom. The second kappa shape index (κ2) is 6.68. The van der Waals surface area contributed by atoms with Gasteiger partial charge in [-0.15, -0.1) is 0 Å². The summed E-state index contributed by atoms with van der Waals surface area (Å²) in [6.07, 6.45) is 2.06. The molecule has 0 spiro atoms. The lowest BCUT2D eigenvalue weighted by atomic mass is 9.93. The number of rotatable bonds is 5. The number of carbonyl (C=O) groups is 3. The van der Waals surface area contributed by atoms with Crippen LogP contribution in [0.25, 0.3) is 5.03 Å². The summed E-state index contributed by atoms with van der Waals surface area (Å²) in [4.78, 5) is 36.9. The molecule has 0 saturated carbocycles. The molecule has 0 bridgehead atoms. The molecule has 1 aromatic heterocycles. The van der Waals surface area contributed by atoms with Gasteiger partial charge in [0, 0.05) is 11.6 Å². The van der Waals surface area contributed by atoms with Crippen molar-refractivity contribution in [1.29, 1.82) is 0 Å². The summed E-state index contributed by atoms with van der Waals surface area (Å²) in [5.74, 6) is -1.37. The van der Waals surface area contributed by atoms with Crippen LogP contribution >= 0.6 is 11.6 Å². The molecule has 0 N–H and O–H groups in total. The molecule has 0 unspecified atom stereocenters. The Morgan fingerprint density at radius 2 is 1.65 bits per heavy atom. The van der Waals surface area contributed by atoms with Gasteiger partial charge in [-0.25, -0.2) is 0 Å². The number of ether oxygens (including phenoxy) is 3. The lowest BCUT2D eigenvalue weighted by molar-refractivity contribution is -0.111. The average Bonchev–Trinajstić information content (AvgIpc) is 3.10. The van der Waals surface area contributed by atoms with E-state index in [9.17, 15) is 14.4 Å². The summed E-state index contributed by atoms with van der Waals surface area (Å²) in [7, 11) is 4.27. The van der Waals surface area contributed by atoms with Crippen LogP contribution in [0.2, 0.25) is 0 Å². The van der Waals surface area contributed by atoms with Crippen LogP contribution in [0.3, 0.4) is 0 Å². The lowest BCUT2D eigenvalue weighted by Crippen LogP contribution is -2.19. The molecule has 8 heteroatoms. The minimum Gasteiger partial charge on any atom is -0.493 e. The first kappa shape index (κ1) is 17.8. The highest BCUT2D eigenvalue weighted by Crippen LogP contribution is 2.39.